The van der Waals surface area contributed by atoms with Gasteiger partial charge in [0.1, 0.15) is 12.0 Å². The largest absolute Gasteiger partial charge is 0.327 e. The zero-order valence-corrected chi connectivity index (χ0v) is 14.7. The maximum absolute atomic E-state index is 13.0. The minimum atomic E-state index is -0.258. The lowest BCUT2D eigenvalue weighted by atomic mass is 10.2. The van der Waals surface area contributed by atoms with Crippen molar-refractivity contribution in [2.75, 3.05) is 6.54 Å². The number of rotatable bonds is 3. The van der Waals surface area contributed by atoms with Crippen LogP contribution in [0.3, 0.4) is 0 Å². The highest BCUT2D eigenvalue weighted by atomic mass is 16.2. The molecule has 2 aromatic heterocycles. The molecule has 0 saturated carbocycles. The Hall–Kier alpha value is -3.16. The van der Waals surface area contributed by atoms with E-state index >= 15 is 0 Å². The molecular weight excluding hydrogens is 332 g/mol. The third-order valence-corrected chi connectivity index (χ3v) is 4.80. The van der Waals surface area contributed by atoms with Crippen molar-refractivity contribution < 1.29 is 4.79 Å². The van der Waals surface area contributed by atoms with Crippen molar-refractivity contribution in [1.29, 1.82) is 0 Å². The van der Waals surface area contributed by atoms with Gasteiger partial charge in [0.2, 0.25) is 0 Å². The van der Waals surface area contributed by atoms with E-state index in [1.807, 2.05) is 42.8 Å². The maximum atomic E-state index is 13.0. The molecule has 4 rings (SSSR count). The van der Waals surface area contributed by atoms with Crippen LogP contribution in [0.4, 0.5) is 0 Å². The molecule has 26 heavy (non-hydrogen) atoms. The summed E-state index contributed by atoms with van der Waals surface area (Å²) in [5.41, 5.74) is 1.83. The molecule has 1 aromatic carbocycles. The van der Waals surface area contributed by atoms with Gasteiger partial charge in [-0.1, -0.05) is 17.7 Å². The third kappa shape index (κ3) is 2.73. The standard InChI is InChI=1S/C18H20N6O2/c1-12-5-7-13(8-6-12)24-16(25)10-14(21-24)18(26)23-9-3-4-15(23)17-20-19-11-22(17)2/h5-8,10-11,15,21H,3-4,9H2,1-2H3. The van der Waals surface area contributed by atoms with Crippen LogP contribution in [-0.2, 0) is 7.05 Å². The molecule has 0 aliphatic carbocycles. The fraction of sp³-hybridized carbons (Fsp3) is 0.333. The van der Waals surface area contributed by atoms with Gasteiger partial charge in [-0.3, -0.25) is 14.7 Å². The van der Waals surface area contributed by atoms with Gasteiger partial charge in [0.25, 0.3) is 11.5 Å². The third-order valence-electron chi connectivity index (χ3n) is 4.80. The van der Waals surface area contributed by atoms with Crippen molar-refractivity contribution in [1.82, 2.24) is 29.4 Å². The average Bonchev–Trinajstić information content (AvgIpc) is 3.34. The summed E-state index contributed by atoms with van der Waals surface area (Å²) in [6.07, 6.45) is 3.36. The first-order valence-corrected chi connectivity index (χ1v) is 8.58. The summed E-state index contributed by atoms with van der Waals surface area (Å²) in [7, 11) is 1.87. The van der Waals surface area contributed by atoms with E-state index in [0.29, 0.717) is 12.2 Å². The fourth-order valence-corrected chi connectivity index (χ4v) is 3.42. The van der Waals surface area contributed by atoms with Gasteiger partial charge in [0, 0.05) is 19.7 Å². The van der Waals surface area contributed by atoms with Crippen LogP contribution in [0.25, 0.3) is 5.69 Å². The Morgan fingerprint density at radius 2 is 2.04 bits per heavy atom. The van der Waals surface area contributed by atoms with E-state index in [4.69, 9.17) is 0 Å². The predicted molar refractivity (Wildman–Crippen MR) is 95.1 cm³/mol. The van der Waals surface area contributed by atoms with Crippen LogP contribution < -0.4 is 5.56 Å². The number of benzene rings is 1. The topological polar surface area (TPSA) is 88.8 Å². The first-order chi connectivity index (χ1) is 12.5. The Morgan fingerprint density at radius 3 is 2.73 bits per heavy atom. The summed E-state index contributed by atoms with van der Waals surface area (Å²) in [4.78, 5) is 27.1. The van der Waals surface area contributed by atoms with Crippen LogP contribution in [0.5, 0.6) is 0 Å². The number of nitrogens with one attached hydrogen (secondary N) is 1. The predicted octanol–water partition coefficient (Wildman–Crippen LogP) is 1.58. The van der Waals surface area contributed by atoms with Crippen molar-refractivity contribution >= 4 is 5.91 Å². The minimum absolute atomic E-state index is 0.124. The molecule has 1 saturated heterocycles. The average molecular weight is 352 g/mol. The molecule has 1 aliphatic heterocycles. The number of carbonyl (C=O) groups excluding carboxylic acids is 1. The van der Waals surface area contributed by atoms with Crippen LogP contribution in [0, 0.1) is 6.92 Å². The van der Waals surface area contributed by atoms with Gasteiger partial charge < -0.3 is 9.47 Å². The van der Waals surface area contributed by atoms with E-state index in [1.54, 1.807) is 11.2 Å². The summed E-state index contributed by atoms with van der Waals surface area (Å²) >= 11 is 0. The molecule has 134 valence electrons. The Morgan fingerprint density at radius 1 is 1.27 bits per heavy atom. The van der Waals surface area contributed by atoms with Crippen LogP contribution >= 0.6 is 0 Å². The van der Waals surface area contributed by atoms with Crippen LogP contribution in [0.1, 0.15) is 40.8 Å². The van der Waals surface area contributed by atoms with Gasteiger partial charge in [0.05, 0.1) is 11.7 Å². The molecule has 1 atom stereocenters. The van der Waals surface area contributed by atoms with E-state index in [0.717, 1.165) is 24.2 Å². The van der Waals surface area contributed by atoms with Crippen molar-refractivity contribution in [2.24, 2.45) is 7.05 Å². The number of aromatic nitrogens is 5. The number of likely N-dealkylation sites (tertiary alicyclic amines) is 1. The van der Waals surface area contributed by atoms with E-state index < -0.39 is 0 Å². The number of nitrogens with zero attached hydrogens (tertiary/aromatic N) is 5. The maximum Gasteiger partial charge on any atom is 0.272 e. The molecule has 1 aliphatic rings. The van der Waals surface area contributed by atoms with Crippen molar-refractivity contribution in [2.45, 2.75) is 25.8 Å². The number of aryl methyl sites for hydroxylation is 2. The smallest absolute Gasteiger partial charge is 0.272 e. The molecule has 0 radical (unpaired) electrons. The first-order valence-electron chi connectivity index (χ1n) is 8.58. The second-order valence-corrected chi connectivity index (χ2v) is 6.64. The highest BCUT2D eigenvalue weighted by Crippen LogP contribution is 2.31. The molecule has 0 spiro atoms. The Labute approximate surface area is 150 Å². The zero-order valence-electron chi connectivity index (χ0n) is 14.7. The number of H-pyrrole nitrogens is 1. The number of carbonyl (C=O) groups is 1. The number of hydrogen-bond donors (Lipinski definition) is 1. The lowest BCUT2D eigenvalue weighted by Crippen LogP contribution is -2.32. The van der Waals surface area contributed by atoms with Crippen LogP contribution in [0.2, 0.25) is 0 Å². The summed E-state index contributed by atoms with van der Waals surface area (Å²) in [6, 6.07) is 8.78. The fourth-order valence-electron chi connectivity index (χ4n) is 3.42. The molecule has 3 heterocycles. The highest BCUT2D eigenvalue weighted by molar-refractivity contribution is 5.92. The van der Waals surface area contributed by atoms with Gasteiger partial charge in [-0.2, -0.15) is 0 Å². The summed E-state index contributed by atoms with van der Waals surface area (Å²) in [5.74, 6) is 0.564. The lowest BCUT2D eigenvalue weighted by Gasteiger charge is -2.23. The minimum Gasteiger partial charge on any atom is -0.327 e. The second-order valence-electron chi connectivity index (χ2n) is 6.64. The molecule has 1 N–H and O–H groups in total. The van der Waals surface area contributed by atoms with E-state index in [9.17, 15) is 9.59 Å². The summed E-state index contributed by atoms with van der Waals surface area (Å²) < 4.78 is 3.22. The normalized spacial score (nSPS) is 17.0. The Kier molecular flexibility index (Phi) is 3.95. The number of hydrogen-bond acceptors (Lipinski definition) is 4. The number of aromatic amines is 1. The van der Waals surface area contributed by atoms with Gasteiger partial charge in [-0.15, -0.1) is 10.2 Å². The van der Waals surface area contributed by atoms with Crippen LogP contribution in [0.15, 0.2) is 41.5 Å². The monoisotopic (exact) mass is 352 g/mol. The van der Waals surface area contributed by atoms with Crippen LogP contribution in [-0.4, -0.2) is 41.9 Å². The molecule has 8 heteroatoms. The van der Waals surface area contributed by atoms with Gasteiger partial charge >= 0.3 is 0 Å². The zero-order chi connectivity index (χ0) is 18.3. The Balaban J connectivity index is 1.64. The molecule has 8 nitrogen and oxygen atoms in total. The summed E-state index contributed by atoms with van der Waals surface area (Å²) in [6.45, 7) is 2.62. The SMILES string of the molecule is Cc1ccc(-n2[nH]c(C(=O)N3CCCC3c3nncn3C)cc2=O)cc1. The van der Waals surface area contributed by atoms with Crippen molar-refractivity contribution in [3.05, 3.63) is 64.1 Å². The molecule has 1 fully saturated rings. The first kappa shape index (κ1) is 16.3. The second kappa shape index (κ2) is 6.29. The van der Waals surface area contributed by atoms with E-state index in [2.05, 4.69) is 15.3 Å². The molecule has 1 amide bonds. The van der Waals surface area contributed by atoms with E-state index in [-0.39, 0.29) is 23.2 Å². The number of amides is 1. The lowest BCUT2D eigenvalue weighted by molar-refractivity contribution is 0.0721. The quantitative estimate of drug-likeness (QED) is 0.775. The van der Waals surface area contributed by atoms with Gasteiger partial charge in [-0.05, 0) is 31.9 Å². The van der Waals surface area contributed by atoms with Crippen molar-refractivity contribution in [3.8, 4) is 5.69 Å². The van der Waals surface area contributed by atoms with Gasteiger partial charge in [-0.25, -0.2) is 4.68 Å². The van der Waals surface area contributed by atoms with Gasteiger partial charge in [0.15, 0.2) is 5.82 Å². The molecular formula is C18H20N6O2. The highest BCUT2D eigenvalue weighted by Gasteiger charge is 2.34. The molecule has 1 unspecified atom stereocenters. The summed E-state index contributed by atoms with van der Waals surface area (Å²) in [5, 5.41) is 11.0. The van der Waals surface area contributed by atoms with Crippen molar-refractivity contribution in [3.63, 3.8) is 0 Å². The van der Waals surface area contributed by atoms with E-state index in [1.165, 1.54) is 10.7 Å². The molecule has 3 aromatic rings. The Bertz CT molecular complexity index is 997. The molecule has 0 bridgehead atoms.